The van der Waals surface area contributed by atoms with E-state index in [1.54, 1.807) is 12.3 Å². The third kappa shape index (κ3) is 2.99. The molecule has 1 saturated carbocycles. The van der Waals surface area contributed by atoms with Gasteiger partial charge in [0, 0.05) is 6.04 Å². The highest BCUT2D eigenvalue weighted by Crippen LogP contribution is 2.27. The lowest BCUT2D eigenvalue weighted by Crippen LogP contribution is -2.22. The number of hydrogen-bond donors (Lipinski definition) is 1. The number of nitrogens with one attached hydrogen (secondary N) is 1. The Hall–Kier alpha value is -0.470. The van der Waals surface area contributed by atoms with Crippen LogP contribution in [0.1, 0.15) is 32.1 Å². The van der Waals surface area contributed by atoms with Crippen molar-refractivity contribution < 1.29 is 0 Å². The Morgan fingerprint density at radius 1 is 1.20 bits per heavy atom. The third-order valence-corrected chi connectivity index (χ3v) is 3.30. The minimum absolute atomic E-state index is 0.439. The molecule has 1 fully saturated rings. The summed E-state index contributed by atoms with van der Waals surface area (Å²) < 4.78 is 0. The molecule has 1 aromatic rings. The molecule has 0 saturated heterocycles. The topological polar surface area (TPSA) is 24.9 Å². The molecule has 1 aliphatic carbocycles. The first-order valence-corrected chi connectivity index (χ1v) is 6.09. The van der Waals surface area contributed by atoms with E-state index in [1.807, 2.05) is 0 Å². The average Bonchev–Trinajstić information content (AvgIpc) is 2.24. The number of nitrogens with zero attached hydrogens (tertiary/aromatic N) is 1. The molecule has 0 radical (unpaired) electrons. The standard InChI is InChI=1S/C11H14Cl2N2/c12-9-6-11(13)14-7-10(9)15-8-4-2-1-3-5-8/h6-8,15H,1-5H2. The first-order valence-electron chi connectivity index (χ1n) is 5.33. The van der Waals surface area contributed by atoms with Crippen molar-refractivity contribution in [3.8, 4) is 0 Å². The SMILES string of the molecule is Clc1cc(Cl)c(NC2CCCCC2)cn1. The number of pyridine rings is 1. The van der Waals surface area contributed by atoms with Crippen LogP contribution >= 0.6 is 23.2 Å². The summed E-state index contributed by atoms with van der Waals surface area (Å²) in [6.45, 7) is 0. The van der Waals surface area contributed by atoms with E-state index in [0.717, 1.165) is 5.69 Å². The molecule has 1 heterocycles. The van der Waals surface area contributed by atoms with Gasteiger partial charge in [-0.3, -0.25) is 0 Å². The van der Waals surface area contributed by atoms with E-state index in [2.05, 4.69) is 10.3 Å². The maximum atomic E-state index is 6.06. The van der Waals surface area contributed by atoms with Gasteiger partial charge < -0.3 is 5.32 Å². The Bertz CT molecular complexity index is 335. The molecule has 1 aromatic heterocycles. The molecule has 2 rings (SSSR count). The van der Waals surface area contributed by atoms with Crippen molar-refractivity contribution in [3.63, 3.8) is 0 Å². The van der Waals surface area contributed by atoms with Gasteiger partial charge in [-0.25, -0.2) is 4.98 Å². The smallest absolute Gasteiger partial charge is 0.130 e. The molecule has 82 valence electrons. The Morgan fingerprint density at radius 3 is 2.60 bits per heavy atom. The Morgan fingerprint density at radius 2 is 1.93 bits per heavy atom. The molecule has 1 aliphatic rings. The van der Waals surface area contributed by atoms with Crippen LogP contribution < -0.4 is 5.32 Å². The second-order valence-electron chi connectivity index (χ2n) is 3.97. The van der Waals surface area contributed by atoms with Crippen LogP contribution in [0.3, 0.4) is 0 Å². The van der Waals surface area contributed by atoms with Crippen molar-refractivity contribution in [2.75, 3.05) is 5.32 Å². The zero-order chi connectivity index (χ0) is 10.7. The van der Waals surface area contributed by atoms with Gasteiger partial charge in [-0.1, -0.05) is 42.5 Å². The van der Waals surface area contributed by atoms with Gasteiger partial charge in [0.15, 0.2) is 0 Å². The molecule has 4 heteroatoms. The first kappa shape index (κ1) is 11.0. The van der Waals surface area contributed by atoms with E-state index in [1.165, 1.54) is 32.1 Å². The largest absolute Gasteiger partial charge is 0.380 e. The van der Waals surface area contributed by atoms with Crippen LogP contribution in [0.15, 0.2) is 12.3 Å². The fourth-order valence-corrected chi connectivity index (χ4v) is 2.40. The molecule has 0 aliphatic heterocycles. The van der Waals surface area contributed by atoms with E-state index in [-0.39, 0.29) is 0 Å². The zero-order valence-corrected chi connectivity index (χ0v) is 9.98. The lowest BCUT2D eigenvalue weighted by molar-refractivity contribution is 0.462. The van der Waals surface area contributed by atoms with E-state index in [0.29, 0.717) is 16.2 Å². The highest BCUT2D eigenvalue weighted by Gasteiger charge is 2.14. The summed E-state index contributed by atoms with van der Waals surface area (Å²) in [6, 6.07) is 2.22. The van der Waals surface area contributed by atoms with Crippen LogP contribution in [0.2, 0.25) is 10.2 Å². The molecule has 0 amide bonds. The van der Waals surface area contributed by atoms with Crippen molar-refractivity contribution >= 4 is 28.9 Å². The monoisotopic (exact) mass is 244 g/mol. The van der Waals surface area contributed by atoms with Gasteiger partial charge in [0.05, 0.1) is 16.9 Å². The maximum absolute atomic E-state index is 6.06. The minimum Gasteiger partial charge on any atom is -0.380 e. The van der Waals surface area contributed by atoms with Gasteiger partial charge in [0.2, 0.25) is 0 Å². The van der Waals surface area contributed by atoms with Crippen LogP contribution in [0, 0.1) is 0 Å². The summed E-state index contributed by atoms with van der Waals surface area (Å²) in [5.74, 6) is 0. The summed E-state index contributed by atoms with van der Waals surface area (Å²) in [4.78, 5) is 4.02. The quantitative estimate of drug-likeness (QED) is 0.792. The Balaban J connectivity index is 2.03. The third-order valence-electron chi connectivity index (χ3n) is 2.78. The lowest BCUT2D eigenvalue weighted by atomic mass is 9.95. The number of halogens is 2. The first-order chi connectivity index (χ1) is 7.25. The van der Waals surface area contributed by atoms with Crippen LogP contribution in [-0.2, 0) is 0 Å². The molecule has 0 bridgehead atoms. The molecule has 15 heavy (non-hydrogen) atoms. The minimum atomic E-state index is 0.439. The molecular formula is C11H14Cl2N2. The number of anilines is 1. The summed E-state index contributed by atoms with van der Waals surface area (Å²) >= 11 is 11.8. The fourth-order valence-electron chi connectivity index (χ4n) is 1.98. The van der Waals surface area contributed by atoms with Gasteiger partial charge in [-0.15, -0.1) is 0 Å². The predicted octanol–water partition coefficient (Wildman–Crippen LogP) is 4.13. The van der Waals surface area contributed by atoms with E-state index >= 15 is 0 Å². The molecule has 0 unspecified atom stereocenters. The second-order valence-corrected chi connectivity index (χ2v) is 4.76. The van der Waals surface area contributed by atoms with E-state index in [4.69, 9.17) is 23.2 Å². The molecule has 2 nitrogen and oxygen atoms in total. The number of hydrogen-bond acceptors (Lipinski definition) is 2. The average molecular weight is 245 g/mol. The number of rotatable bonds is 2. The van der Waals surface area contributed by atoms with Crippen molar-refractivity contribution in [3.05, 3.63) is 22.4 Å². The van der Waals surface area contributed by atoms with E-state index < -0.39 is 0 Å². The number of aromatic nitrogens is 1. The predicted molar refractivity (Wildman–Crippen MR) is 64.8 cm³/mol. The van der Waals surface area contributed by atoms with Gasteiger partial charge in [0.1, 0.15) is 5.15 Å². The molecule has 1 N–H and O–H groups in total. The maximum Gasteiger partial charge on any atom is 0.130 e. The van der Waals surface area contributed by atoms with Gasteiger partial charge in [-0.2, -0.15) is 0 Å². The van der Waals surface area contributed by atoms with Gasteiger partial charge in [-0.05, 0) is 18.9 Å². The summed E-state index contributed by atoms with van der Waals surface area (Å²) in [5, 5.41) is 4.52. The summed E-state index contributed by atoms with van der Waals surface area (Å²) in [6.07, 6.45) is 8.11. The second kappa shape index (κ2) is 5.04. The molecule has 0 spiro atoms. The Kier molecular flexibility index (Phi) is 3.71. The fraction of sp³-hybridized carbons (Fsp3) is 0.545. The van der Waals surface area contributed by atoms with Crippen molar-refractivity contribution in [1.82, 2.24) is 4.98 Å². The molecule has 0 aromatic carbocycles. The van der Waals surface area contributed by atoms with Gasteiger partial charge >= 0.3 is 0 Å². The van der Waals surface area contributed by atoms with Crippen LogP contribution in [0.25, 0.3) is 0 Å². The van der Waals surface area contributed by atoms with Crippen LogP contribution in [0.5, 0.6) is 0 Å². The van der Waals surface area contributed by atoms with Crippen molar-refractivity contribution in [2.45, 2.75) is 38.1 Å². The van der Waals surface area contributed by atoms with Crippen LogP contribution in [0.4, 0.5) is 5.69 Å². The lowest BCUT2D eigenvalue weighted by Gasteiger charge is -2.24. The van der Waals surface area contributed by atoms with Gasteiger partial charge in [0.25, 0.3) is 0 Å². The highest BCUT2D eigenvalue weighted by atomic mass is 35.5. The normalized spacial score (nSPS) is 17.7. The van der Waals surface area contributed by atoms with E-state index in [9.17, 15) is 0 Å². The van der Waals surface area contributed by atoms with Crippen molar-refractivity contribution in [1.29, 1.82) is 0 Å². The highest BCUT2D eigenvalue weighted by molar-refractivity contribution is 6.35. The van der Waals surface area contributed by atoms with Crippen LogP contribution in [-0.4, -0.2) is 11.0 Å². The van der Waals surface area contributed by atoms with Crippen molar-refractivity contribution in [2.24, 2.45) is 0 Å². The zero-order valence-electron chi connectivity index (χ0n) is 8.47. The summed E-state index contributed by atoms with van der Waals surface area (Å²) in [7, 11) is 0. The molecule has 0 atom stereocenters. The summed E-state index contributed by atoms with van der Waals surface area (Å²) in [5.41, 5.74) is 0.896. The Labute approximate surface area is 100.0 Å². The molecular weight excluding hydrogens is 231 g/mol.